The molecule has 0 unspecified atom stereocenters. The van der Waals surface area contributed by atoms with E-state index < -0.39 is 17.4 Å². The maximum atomic E-state index is 15.0. The third kappa shape index (κ3) is 4.44. The Bertz CT molecular complexity index is 1130. The normalized spacial score (nSPS) is 16.9. The molecule has 1 aromatic heterocycles. The summed E-state index contributed by atoms with van der Waals surface area (Å²) in [7, 11) is 0. The zero-order valence-corrected chi connectivity index (χ0v) is 18.9. The van der Waals surface area contributed by atoms with Crippen LogP contribution in [-0.2, 0) is 16.9 Å². The third-order valence-corrected chi connectivity index (χ3v) is 6.27. The molecule has 162 valence electrons. The summed E-state index contributed by atoms with van der Waals surface area (Å²) in [4.78, 5) is 16.7. The summed E-state index contributed by atoms with van der Waals surface area (Å²) in [6.45, 7) is 6.06. The molecule has 0 spiro atoms. The molecule has 0 radical (unpaired) electrons. The van der Waals surface area contributed by atoms with Crippen LogP contribution in [0.2, 0.25) is 5.02 Å². The number of nitrogens with zero attached hydrogens (tertiary/aromatic N) is 5. The lowest BCUT2D eigenvalue weighted by molar-refractivity contribution is -0.119. The number of hydrogen-bond donors (Lipinski definition) is 1. The molecule has 0 bridgehead atoms. The average Bonchev–Trinajstić information content (AvgIpc) is 3.18. The minimum Gasteiger partial charge on any atom is -0.319 e. The van der Waals surface area contributed by atoms with Gasteiger partial charge in [0.05, 0.1) is 29.4 Å². The first-order valence-corrected chi connectivity index (χ1v) is 11.1. The quantitative estimate of drug-likeness (QED) is 0.638. The minimum atomic E-state index is -0.698. The van der Waals surface area contributed by atoms with Crippen LogP contribution in [0.1, 0.15) is 26.3 Å². The monoisotopic (exact) mass is 460 g/mol. The number of fused-ring (bicyclic) bond motifs is 1. The van der Waals surface area contributed by atoms with Gasteiger partial charge in [-0.3, -0.25) is 4.79 Å². The number of nitrogens with two attached hydrogens (primary N) is 1. The molecule has 3 aromatic rings. The van der Waals surface area contributed by atoms with E-state index in [4.69, 9.17) is 17.3 Å². The van der Waals surface area contributed by atoms with Crippen molar-refractivity contribution < 1.29 is 9.18 Å². The lowest BCUT2D eigenvalue weighted by Gasteiger charge is -2.25. The summed E-state index contributed by atoms with van der Waals surface area (Å²) in [6.07, 6.45) is 0. The van der Waals surface area contributed by atoms with Gasteiger partial charge in [-0.2, -0.15) is 4.80 Å². The van der Waals surface area contributed by atoms with Crippen molar-refractivity contribution in [3.05, 3.63) is 52.8 Å². The van der Waals surface area contributed by atoms with Gasteiger partial charge in [-0.25, -0.2) is 4.39 Å². The van der Waals surface area contributed by atoms with E-state index in [0.717, 1.165) is 5.56 Å². The van der Waals surface area contributed by atoms with E-state index in [9.17, 15) is 4.79 Å². The standard InChI is InChI=1S/C21H22ClFN6OS/c1-21(2,3)29-26-19(25-27-29)14-8-17-18(9-15(14)23)31-11-16(24)20(30)28(17)10-12-4-6-13(22)7-5-12/h4-9,16H,10-11,24H2,1-3H3/t16-/m0/s1. The number of benzene rings is 2. The summed E-state index contributed by atoms with van der Waals surface area (Å²) in [6, 6.07) is 9.54. The van der Waals surface area contributed by atoms with Crippen LogP contribution in [0.3, 0.4) is 0 Å². The van der Waals surface area contributed by atoms with Gasteiger partial charge < -0.3 is 10.6 Å². The molecule has 0 aliphatic carbocycles. The van der Waals surface area contributed by atoms with Crippen molar-refractivity contribution >= 4 is 35.0 Å². The summed E-state index contributed by atoms with van der Waals surface area (Å²) in [5.41, 5.74) is 7.33. The van der Waals surface area contributed by atoms with E-state index in [-0.39, 0.29) is 23.8 Å². The van der Waals surface area contributed by atoms with E-state index in [2.05, 4.69) is 15.4 Å². The molecule has 0 saturated heterocycles. The highest BCUT2D eigenvalue weighted by Gasteiger charge is 2.31. The van der Waals surface area contributed by atoms with Gasteiger partial charge in [0.1, 0.15) is 5.82 Å². The van der Waals surface area contributed by atoms with E-state index in [1.165, 1.54) is 22.6 Å². The number of anilines is 1. The predicted molar refractivity (Wildman–Crippen MR) is 120 cm³/mol. The number of tetrazole rings is 1. The van der Waals surface area contributed by atoms with Crippen LogP contribution in [0.5, 0.6) is 0 Å². The average molecular weight is 461 g/mol. The SMILES string of the molecule is CC(C)(C)n1nnc(-c2cc3c(cc2F)SC[C@H](N)C(=O)N3Cc2ccc(Cl)cc2)n1. The summed E-state index contributed by atoms with van der Waals surface area (Å²) in [5, 5.41) is 13.0. The van der Waals surface area contributed by atoms with Gasteiger partial charge in [0.15, 0.2) is 0 Å². The first-order valence-electron chi connectivity index (χ1n) is 9.72. The molecule has 1 amide bonds. The second kappa shape index (κ2) is 8.22. The highest BCUT2D eigenvalue weighted by atomic mass is 35.5. The fourth-order valence-corrected chi connectivity index (χ4v) is 4.28. The molecule has 0 saturated carbocycles. The van der Waals surface area contributed by atoms with E-state index in [1.54, 1.807) is 23.1 Å². The number of halogens is 2. The fourth-order valence-electron chi connectivity index (χ4n) is 3.15. The lowest BCUT2D eigenvalue weighted by Crippen LogP contribution is -2.44. The molecule has 1 atom stereocenters. The van der Waals surface area contributed by atoms with Crippen molar-refractivity contribution in [1.82, 2.24) is 20.2 Å². The van der Waals surface area contributed by atoms with Crippen molar-refractivity contribution in [2.45, 2.75) is 43.8 Å². The Morgan fingerprint density at radius 3 is 2.61 bits per heavy atom. The van der Waals surface area contributed by atoms with E-state index >= 15 is 4.39 Å². The van der Waals surface area contributed by atoms with Gasteiger partial charge in [-0.15, -0.1) is 22.0 Å². The van der Waals surface area contributed by atoms with Gasteiger partial charge in [0.2, 0.25) is 11.7 Å². The zero-order valence-electron chi connectivity index (χ0n) is 17.3. The van der Waals surface area contributed by atoms with Crippen molar-refractivity contribution in [3.8, 4) is 11.4 Å². The lowest BCUT2D eigenvalue weighted by atomic mass is 10.1. The van der Waals surface area contributed by atoms with Gasteiger partial charge in [-0.1, -0.05) is 23.7 Å². The first-order chi connectivity index (χ1) is 14.6. The molecule has 2 N–H and O–H groups in total. The maximum absolute atomic E-state index is 15.0. The molecule has 31 heavy (non-hydrogen) atoms. The Balaban J connectivity index is 1.79. The van der Waals surface area contributed by atoms with Gasteiger partial charge in [-0.05, 0) is 55.8 Å². The van der Waals surface area contributed by atoms with Crippen LogP contribution in [0, 0.1) is 5.82 Å². The topological polar surface area (TPSA) is 89.9 Å². The molecule has 4 rings (SSSR count). The van der Waals surface area contributed by atoms with Crippen molar-refractivity contribution in [3.63, 3.8) is 0 Å². The number of thioether (sulfide) groups is 1. The van der Waals surface area contributed by atoms with Crippen molar-refractivity contribution in [2.24, 2.45) is 5.73 Å². The summed E-state index contributed by atoms with van der Waals surface area (Å²) < 4.78 is 15.0. The zero-order chi connectivity index (χ0) is 22.3. The molecule has 2 aromatic carbocycles. The molecular weight excluding hydrogens is 439 g/mol. The Labute approximate surface area is 188 Å². The van der Waals surface area contributed by atoms with Gasteiger partial charge in [0.25, 0.3) is 0 Å². The Morgan fingerprint density at radius 2 is 1.97 bits per heavy atom. The Kier molecular flexibility index (Phi) is 5.76. The summed E-state index contributed by atoms with van der Waals surface area (Å²) in [5.74, 6) is -0.188. The number of amides is 1. The molecule has 2 heterocycles. The Morgan fingerprint density at radius 1 is 1.26 bits per heavy atom. The first kappa shape index (κ1) is 21.7. The van der Waals surface area contributed by atoms with Crippen LogP contribution in [0.4, 0.5) is 10.1 Å². The number of aromatic nitrogens is 4. The van der Waals surface area contributed by atoms with Crippen LogP contribution in [0.25, 0.3) is 11.4 Å². The summed E-state index contributed by atoms with van der Waals surface area (Å²) >= 11 is 7.34. The van der Waals surface area contributed by atoms with E-state index in [1.807, 2.05) is 32.9 Å². The second-order valence-electron chi connectivity index (χ2n) is 8.34. The van der Waals surface area contributed by atoms with E-state index in [0.29, 0.717) is 21.4 Å². The van der Waals surface area contributed by atoms with Crippen molar-refractivity contribution in [1.29, 1.82) is 0 Å². The minimum absolute atomic E-state index is 0.160. The maximum Gasteiger partial charge on any atom is 0.245 e. The second-order valence-corrected chi connectivity index (χ2v) is 9.84. The molecule has 1 aliphatic heterocycles. The molecule has 10 heteroatoms. The number of hydrogen-bond acceptors (Lipinski definition) is 6. The molecule has 0 fully saturated rings. The van der Waals surface area contributed by atoms with Gasteiger partial charge in [0, 0.05) is 15.7 Å². The highest BCUT2D eigenvalue weighted by Crippen LogP contribution is 2.39. The van der Waals surface area contributed by atoms with Crippen LogP contribution >= 0.6 is 23.4 Å². The molecular formula is C21H22ClFN6OS. The number of carbonyl (C=O) groups excluding carboxylic acids is 1. The fraction of sp³-hybridized carbons (Fsp3) is 0.333. The smallest absolute Gasteiger partial charge is 0.245 e. The largest absolute Gasteiger partial charge is 0.319 e. The van der Waals surface area contributed by atoms with Gasteiger partial charge >= 0.3 is 0 Å². The third-order valence-electron chi connectivity index (χ3n) is 4.85. The Hall–Kier alpha value is -2.49. The number of rotatable bonds is 3. The van der Waals surface area contributed by atoms with Crippen LogP contribution < -0.4 is 10.6 Å². The van der Waals surface area contributed by atoms with Crippen LogP contribution in [-0.4, -0.2) is 37.9 Å². The predicted octanol–water partition coefficient (Wildman–Crippen LogP) is 3.85. The van der Waals surface area contributed by atoms with Crippen molar-refractivity contribution in [2.75, 3.05) is 10.7 Å². The van der Waals surface area contributed by atoms with Crippen LogP contribution in [0.15, 0.2) is 41.3 Å². The molecule has 7 nitrogen and oxygen atoms in total. The number of carbonyl (C=O) groups is 1. The highest BCUT2D eigenvalue weighted by molar-refractivity contribution is 7.99. The molecule has 1 aliphatic rings.